The summed E-state index contributed by atoms with van der Waals surface area (Å²) in [5.74, 6) is 4.15. The van der Waals surface area contributed by atoms with Crippen molar-refractivity contribution < 1.29 is 9.84 Å². The highest BCUT2D eigenvalue weighted by Gasteiger charge is 2.39. The van der Waals surface area contributed by atoms with Gasteiger partial charge in [-0.1, -0.05) is 36.6 Å². The van der Waals surface area contributed by atoms with Gasteiger partial charge in [0.05, 0.1) is 0 Å². The van der Waals surface area contributed by atoms with Crippen LogP contribution in [0.4, 0.5) is 5.69 Å². The predicted octanol–water partition coefficient (Wildman–Crippen LogP) is 5.36. The summed E-state index contributed by atoms with van der Waals surface area (Å²) >= 11 is 8.30. The summed E-state index contributed by atoms with van der Waals surface area (Å²) in [5, 5.41) is 15.0. The molecule has 0 amide bonds. The Kier molecular flexibility index (Phi) is 7.17. The number of aliphatic hydroxyl groups excluding tert-OH is 1. The second kappa shape index (κ2) is 10.3. The predicted molar refractivity (Wildman–Crippen MR) is 135 cm³/mol. The van der Waals surface area contributed by atoms with Crippen molar-refractivity contribution >= 4 is 29.1 Å². The van der Waals surface area contributed by atoms with E-state index in [1.807, 2.05) is 17.8 Å². The summed E-state index contributed by atoms with van der Waals surface area (Å²) < 4.78 is 5.91. The number of nitrogens with zero attached hydrogens (tertiary/aromatic N) is 1. The molecule has 0 bridgehead atoms. The van der Waals surface area contributed by atoms with E-state index in [1.54, 1.807) is 0 Å². The van der Waals surface area contributed by atoms with Crippen molar-refractivity contribution in [1.82, 2.24) is 4.90 Å². The van der Waals surface area contributed by atoms with Crippen LogP contribution >= 0.6 is 23.4 Å². The summed E-state index contributed by atoms with van der Waals surface area (Å²) in [7, 11) is 0. The van der Waals surface area contributed by atoms with Gasteiger partial charge in [0, 0.05) is 59.7 Å². The molecule has 2 fully saturated rings. The molecule has 1 aliphatic carbocycles. The van der Waals surface area contributed by atoms with Crippen molar-refractivity contribution in [2.24, 2.45) is 0 Å². The van der Waals surface area contributed by atoms with Gasteiger partial charge in [-0.3, -0.25) is 4.90 Å². The minimum absolute atomic E-state index is 0.342. The molecule has 6 heteroatoms. The minimum Gasteiger partial charge on any atom is -0.491 e. The van der Waals surface area contributed by atoms with Gasteiger partial charge in [-0.05, 0) is 54.3 Å². The maximum atomic E-state index is 10.4. The molecule has 2 aromatic carbocycles. The monoisotopic (exact) mass is 472 g/mol. The van der Waals surface area contributed by atoms with E-state index < -0.39 is 6.10 Å². The molecular weight excluding hydrogens is 440 g/mol. The molecule has 0 spiro atoms. The van der Waals surface area contributed by atoms with Gasteiger partial charge in [0.1, 0.15) is 18.5 Å². The van der Waals surface area contributed by atoms with Gasteiger partial charge >= 0.3 is 0 Å². The maximum Gasteiger partial charge on any atom is 0.119 e. The lowest BCUT2D eigenvalue weighted by Gasteiger charge is -2.28. The number of hydrogen-bond acceptors (Lipinski definition) is 5. The van der Waals surface area contributed by atoms with E-state index in [4.69, 9.17) is 16.3 Å². The standard InChI is InChI=1S/C26H33ClN2O2S/c27-19-7-10-25-24(15-19)23-4-2-1-3-22(26(23)28-25)18-5-8-21(9-6-18)31-17-20(30)16-29-11-13-32-14-12-29/h5-10,15,20,22-23,26,28,30H,1-4,11-14,16-17H2. The smallest absolute Gasteiger partial charge is 0.119 e. The highest BCUT2D eigenvalue weighted by molar-refractivity contribution is 7.99. The molecule has 3 aliphatic rings. The zero-order valence-electron chi connectivity index (χ0n) is 18.5. The van der Waals surface area contributed by atoms with E-state index in [1.165, 1.54) is 42.5 Å². The van der Waals surface area contributed by atoms with E-state index in [-0.39, 0.29) is 0 Å². The van der Waals surface area contributed by atoms with Crippen LogP contribution in [0.25, 0.3) is 0 Å². The van der Waals surface area contributed by atoms with Crippen LogP contribution < -0.4 is 10.1 Å². The van der Waals surface area contributed by atoms with Crippen LogP contribution in [0.1, 0.15) is 48.6 Å². The lowest BCUT2D eigenvalue weighted by Crippen LogP contribution is -2.40. The van der Waals surface area contributed by atoms with Crippen LogP contribution in [-0.4, -0.2) is 59.9 Å². The van der Waals surface area contributed by atoms with Crippen LogP contribution in [0.15, 0.2) is 42.5 Å². The maximum absolute atomic E-state index is 10.4. The molecule has 172 valence electrons. The molecule has 0 radical (unpaired) electrons. The molecule has 2 heterocycles. The van der Waals surface area contributed by atoms with Crippen molar-refractivity contribution in [3.05, 3.63) is 58.6 Å². The second-order valence-corrected chi connectivity index (χ2v) is 11.0. The van der Waals surface area contributed by atoms with Crippen molar-refractivity contribution in [3.63, 3.8) is 0 Å². The van der Waals surface area contributed by atoms with E-state index >= 15 is 0 Å². The first kappa shape index (κ1) is 22.4. The molecule has 2 aromatic rings. The minimum atomic E-state index is -0.451. The number of hydrogen-bond donors (Lipinski definition) is 2. The number of ether oxygens (including phenoxy) is 1. The Balaban J connectivity index is 1.21. The highest BCUT2D eigenvalue weighted by Crippen LogP contribution is 2.48. The first-order valence-corrected chi connectivity index (χ1v) is 13.5. The third kappa shape index (κ3) is 5.06. The molecule has 4 nitrogen and oxygen atoms in total. The number of thioether (sulfide) groups is 1. The van der Waals surface area contributed by atoms with E-state index in [0.717, 1.165) is 35.4 Å². The topological polar surface area (TPSA) is 44.7 Å². The number of aliphatic hydroxyl groups is 1. The first-order chi connectivity index (χ1) is 15.7. The number of halogens is 1. The molecule has 32 heavy (non-hydrogen) atoms. The number of nitrogens with one attached hydrogen (secondary N) is 1. The zero-order chi connectivity index (χ0) is 21.9. The summed E-state index contributed by atoms with van der Waals surface area (Å²) in [5.41, 5.74) is 4.00. The van der Waals surface area contributed by atoms with Gasteiger partial charge in [0.15, 0.2) is 0 Å². The molecule has 2 N–H and O–H groups in total. The molecular formula is C26H33ClN2O2S. The fourth-order valence-electron chi connectivity index (χ4n) is 5.58. The number of fused-ring (bicyclic) bond motifs is 3. The normalized spacial score (nSPS) is 26.5. The SMILES string of the molecule is OC(COc1ccc(C2CCCCC3c4cc(Cl)ccc4NC23)cc1)CN1CCSCC1. The Morgan fingerprint density at radius 3 is 2.59 bits per heavy atom. The number of anilines is 1. The van der Waals surface area contributed by atoms with Gasteiger partial charge in [-0.2, -0.15) is 11.8 Å². The van der Waals surface area contributed by atoms with Crippen molar-refractivity contribution in [2.45, 2.75) is 49.7 Å². The Hall–Kier alpha value is -1.40. The first-order valence-electron chi connectivity index (χ1n) is 11.9. The van der Waals surface area contributed by atoms with Gasteiger partial charge in [0.25, 0.3) is 0 Å². The van der Waals surface area contributed by atoms with Crippen molar-refractivity contribution in [3.8, 4) is 5.75 Å². The summed E-state index contributed by atoms with van der Waals surface area (Å²) in [6.07, 6.45) is 4.49. The third-order valence-corrected chi connectivity index (χ3v) is 8.38. The van der Waals surface area contributed by atoms with E-state index in [9.17, 15) is 5.11 Å². The quantitative estimate of drug-likeness (QED) is 0.592. The molecule has 5 rings (SSSR count). The molecule has 1 saturated carbocycles. The van der Waals surface area contributed by atoms with E-state index in [2.05, 4.69) is 46.6 Å². The third-order valence-electron chi connectivity index (χ3n) is 7.21. The zero-order valence-corrected chi connectivity index (χ0v) is 20.1. The summed E-state index contributed by atoms with van der Waals surface area (Å²) in [4.78, 5) is 2.33. The largest absolute Gasteiger partial charge is 0.491 e. The molecule has 1 saturated heterocycles. The van der Waals surface area contributed by atoms with Crippen LogP contribution in [0, 0.1) is 0 Å². The van der Waals surface area contributed by atoms with Crippen LogP contribution in [0.2, 0.25) is 5.02 Å². The average molecular weight is 473 g/mol. The second-order valence-electron chi connectivity index (χ2n) is 9.35. The van der Waals surface area contributed by atoms with Gasteiger partial charge in [0.2, 0.25) is 0 Å². The molecule has 0 aromatic heterocycles. The Morgan fingerprint density at radius 1 is 1.06 bits per heavy atom. The molecule has 4 atom stereocenters. The summed E-state index contributed by atoms with van der Waals surface area (Å²) in [6, 6.07) is 15.3. The van der Waals surface area contributed by atoms with Crippen LogP contribution in [0.5, 0.6) is 5.75 Å². The Bertz CT molecular complexity index is 903. The molecule has 2 aliphatic heterocycles. The van der Waals surface area contributed by atoms with Crippen LogP contribution in [0.3, 0.4) is 0 Å². The number of rotatable bonds is 6. The van der Waals surface area contributed by atoms with Crippen molar-refractivity contribution in [2.75, 3.05) is 43.1 Å². The van der Waals surface area contributed by atoms with Gasteiger partial charge in [-0.25, -0.2) is 0 Å². The average Bonchev–Trinajstić information content (AvgIpc) is 3.02. The van der Waals surface area contributed by atoms with Gasteiger partial charge in [-0.15, -0.1) is 0 Å². The number of benzene rings is 2. The summed E-state index contributed by atoms with van der Waals surface area (Å²) in [6.45, 7) is 3.16. The van der Waals surface area contributed by atoms with Gasteiger partial charge < -0.3 is 15.2 Å². The molecule has 4 unspecified atom stereocenters. The van der Waals surface area contributed by atoms with E-state index in [0.29, 0.717) is 31.0 Å². The fourth-order valence-corrected chi connectivity index (χ4v) is 6.74. The Labute approximate surface area is 200 Å². The highest BCUT2D eigenvalue weighted by atomic mass is 35.5. The van der Waals surface area contributed by atoms with Crippen LogP contribution in [-0.2, 0) is 0 Å². The lowest BCUT2D eigenvalue weighted by molar-refractivity contribution is 0.0715. The fraction of sp³-hybridized carbons (Fsp3) is 0.538. The lowest BCUT2D eigenvalue weighted by atomic mass is 9.82. The number of β-amino-alcohol motifs (C(OH)–C–C–N with tert-alkyl or cyclic N) is 1. The van der Waals surface area contributed by atoms with Crippen molar-refractivity contribution in [1.29, 1.82) is 0 Å². The Morgan fingerprint density at radius 2 is 1.81 bits per heavy atom.